The molecule has 0 radical (unpaired) electrons. The average Bonchev–Trinajstić information content (AvgIpc) is 2.86. The maximum Gasteiger partial charge on any atom is 0.124 e. The molecule has 0 saturated heterocycles. The second kappa shape index (κ2) is 6.59. The van der Waals surface area contributed by atoms with E-state index in [1.54, 1.807) is 23.5 Å². The quantitative estimate of drug-likeness (QED) is 0.894. The molecule has 100 valence electrons. The molecule has 2 rings (SSSR count). The van der Waals surface area contributed by atoms with Gasteiger partial charge in [-0.1, -0.05) is 13.0 Å². The van der Waals surface area contributed by atoms with E-state index < -0.39 is 0 Å². The van der Waals surface area contributed by atoms with Gasteiger partial charge in [0.15, 0.2) is 0 Å². The number of hydrogen-bond donors (Lipinski definition) is 1. The van der Waals surface area contributed by atoms with Crippen molar-refractivity contribution < 1.29 is 4.39 Å². The van der Waals surface area contributed by atoms with Gasteiger partial charge in [0.1, 0.15) is 10.8 Å². The molecule has 0 amide bonds. The van der Waals surface area contributed by atoms with E-state index in [4.69, 9.17) is 0 Å². The summed E-state index contributed by atoms with van der Waals surface area (Å²) in [6, 6.07) is 6.76. The summed E-state index contributed by atoms with van der Waals surface area (Å²) in [5.74, 6) is -0.222. The topological polar surface area (TPSA) is 24.9 Å². The second-order valence-electron chi connectivity index (χ2n) is 4.29. The molecule has 1 heterocycles. The fourth-order valence-electron chi connectivity index (χ4n) is 1.72. The van der Waals surface area contributed by atoms with Crippen LogP contribution in [0.4, 0.5) is 4.39 Å². The summed E-state index contributed by atoms with van der Waals surface area (Å²) in [5, 5.41) is 6.23. The number of rotatable bonds is 5. The molecule has 4 heteroatoms. The first-order chi connectivity index (χ1) is 9.19. The van der Waals surface area contributed by atoms with Crippen molar-refractivity contribution in [3.05, 3.63) is 47.2 Å². The SMILES string of the molecule is CCNC(C)/C=C/c1csc(-c2ccc(F)cc2)n1. The summed E-state index contributed by atoms with van der Waals surface area (Å²) in [6.07, 6.45) is 4.10. The molecule has 2 aromatic rings. The molecule has 0 aliphatic heterocycles. The zero-order valence-corrected chi connectivity index (χ0v) is 11.9. The van der Waals surface area contributed by atoms with Crippen molar-refractivity contribution in [2.24, 2.45) is 0 Å². The Morgan fingerprint density at radius 2 is 2.11 bits per heavy atom. The Labute approximate surface area is 117 Å². The highest BCUT2D eigenvalue weighted by molar-refractivity contribution is 7.13. The van der Waals surface area contributed by atoms with Gasteiger partial charge in [0.2, 0.25) is 0 Å². The summed E-state index contributed by atoms with van der Waals surface area (Å²) < 4.78 is 12.9. The minimum absolute atomic E-state index is 0.222. The lowest BCUT2D eigenvalue weighted by Gasteiger charge is -2.04. The highest BCUT2D eigenvalue weighted by atomic mass is 32.1. The molecular formula is C15H17FN2S. The van der Waals surface area contributed by atoms with Crippen LogP contribution in [0, 0.1) is 5.82 Å². The van der Waals surface area contributed by atoms with Crippen LogP contribution in [-0.4, -0.2) is 17.6 Å². The van der Waals surface area contributed by atoms with Crippen molar-refractivity contribution in [2.75, 3.05) is 6.54 Å². The van der Waals surface area contributed by atoms with Crippen LogP contribution < -0.4 is 5.32 Å². The molecule has 0 saturated carbocycles. The third-order valence-electron chi connectivity index (χ3n) is 2.69. The summed E-state index contributed by atoms with van der Waals surface area (Å²) in [4.78, 5) is 4.52. The lowest BCUT2D eigenvalue weighted by Crippen LogP contribution is -2.22. The number of nitrogens with one attached hydrogen (secondary N) is 1. The van der Waals surface area contributed by atoms with Gasteiger partial charge in [-0.3, -0.25) is 0 Å². The molecule has 1 unspecified atom stereocenters. The van der Waals surface area contributed by atoms with Crippen molar-refractivity contribution in [3.8, 4) is 10.6 Å². The predicted octanol–water partition coefficient (Wildman–Crippen LogP) is 3.96. The van der Waals surface area contributed by atoms with E-state index in [1.165, 1.54) is 12.1 Å². The Balaban J connectivity index is 2.08. The summed E-state index contributed by atoms with van der Waals surface area (Å²) in [6.45, 7) is 5.14. The van der Waals surface area contributed by atoms with Crippen LogP contribution >= 0.6 is 11.3 Å². The van der Waals surface area contributed by atoms with Crippen LogP contribution in [0.5, 0.6) is 0 Å². The molecule has 0 spiro atoms. The van der Waals surface area contributed by atoms with Crippen molar-refractivity contribution in [2.45, 2.75) is 19.9 Å². The third-order valence-corrected chi connectivity index (χ3v) is 3.60. The molecule has 0 aliphatic carbocycles. The Kier molecular flexibility index (Phi) is 4.82. The minimum atomic E-state index is -0.222. The molecule has 1 atom stereocenters. The number of halogens is 1. The lowest BCUT2D eigenvalue weighted by atomic mass is 10.2. The van der Waals surface area contributed by atoms with Crippen LogP contribution in [0.1, 0.15) is 19.5 Å². The van der Waals surface area contributed by atoms with E-state index in [1.807, 2.05) is 11.5 Å². The van der Waals surface area contributed by atoms with Gasteiger partial charge in [0.25, 0.3) is 0 Å². The molecule has 0 fully saturated rings. The Morgan fingerprint density at radius 3 is 2.79 bits per heavy atom. The van der Waals surface area contributed by atoms with Crippen molar-refractivity contribution in [1.82, 2.24) is 10.3 Å². The Morgan fingerprint density at radius 1 is 1.37 bits per heavy atom. The first-order valence-electron chi connectivity index (χ1n) is 6.32. The van der Waals surface area contributed by atoms with Gasteiger partial charge in [-0.25, -0.2) is 9.37 Å². The first-order valence-corrected chi connectivity index (χ1v) is 7.20. The molecule has 0 bridgehead atoms. The standard InChI is InChI=1S/C15H17FN2S/c1-3-17-11(2)4-9-14-10-19-15(18-14)12-5-7-13(16)8-6-12/h4-11,17H,3H2,1-2H3/b9-4+. The molecule has 19 heavy (non-hydrogen) atoms. The molecule has 1 aromatic heterocycles. The highest BCUT2D eigenvalue weighted by Crippen LogP contribution is 2.24. The lowest BCUT2D eigenvalue weighted by molar-refractivity contribution is 0.628. The number of thiazole rings is 1. The number of nitrogens with zero attached hydrogens (tertiary/aromatic N) is 1. The average molecular weight is 276 g/mol. The van der Waals surface area contributed by atoms with Gasteiger partial charge in [-0.2, -0.15) is 0 Å². The second-order valence-corrected chi connectivity index (χ2v) is 5.15. The maximum atomic E-state index is 12.9. The number of aromatic nitrogens is 1. The summed E-state index contributed by atoms with van der Waals surface area (Å²) in [5.41, 5.74) is 1.89. The van der Waals surface area contributed by atoms with E-state index >= 15 is 0 Å². The number of hydrogen-bond acceptors (Lipinski definition) is 3. The van der Waals surface area contributed by atoms with Gasteiger partial charge >= 0.3 is 0 Å². The van der Waals surface area contributed by atoms with Crippen molar-refractivity contribution in [1.29, 1.82) is 0 Å². The summed E-state index contributed by atoms with van der Waals surface area (Å²) in [7, 11) is 0. The van der Waals surface area contributed by atoms with Crippen molar-refractivity contribution >= 4 is 17.4 Å². The maximum absolute atomic E-state index is 12.9. The fraction of sp³-hybridized carbons (Fsp3) is 0.267. The van der Waals surface area contributed by atoms with Crippen LogP contribution in [0.3, 0.4) is 0 Å². The zero-order chi connectivity index (χ0) is 13.7. The van der Waals surface area contributed by atoms with Crippen LogP contribution in [0.25, 0.3) is 16.6 Å². The third kappa shape index (κ3) is 3.98. The molecule has 1 N–H and O–H groups in total. The van der Waals surface area contributed by atoms with E-state index in [0.717, 1.165) is 22.8 Å². The normalized spacial score (nSPS) is 13.0. The predicted molar refractivity (Wildman–Crippen MR) is 79.7 cm³/mol. The first kappa shape index (κ1) is 13.9. The molecule has 2 nitrogen and oxygen atoms in total. The number of likely N-dealkylation sites (N-methyl/N-ethyl adjacent to an activating group) is 1. The fourth-order valence-corrected chi connectivity index (χ4v) is 2.51. The zero-order valence-electron chi connectivity index (χ0n) is 11.1. The molecule has 0 aliphatic rings. The van der Waals surface area contributed by atoms with E-state index in [2.05, 4.69) is 30.2 Å². The van der Waals surface area contributed by atoms with E-state index in [9.17, 15) is 4.39 Å². The molecular weight excluding hydrogens is 259 g/mol. The van der Waals surface area contributed by atoms with Gasteiger partial charge in [0.05, 0.1) is 5.69 Å². The number of benzene rings is 1. The van der Waals surface area contributed by atoms with Crippen LogP contribution in [0.2, 0.25) is 0 Å². The minimum Gasteiger partial charge on any atom is -0.311 e. The largest absolute Gasteiger partial charge is 0.311 e. The smallest absolute Gasteiger partial charge is 0.124 e. The van der Waals surface area contributed by atoms with Crippen molar-refractivity contribution in [3.63, 3.8) is 0 Å². The Bertz CT molecular complexity index is 546. The van der Waals surface area contributed by atoms with Gasteiger partial charge in [-0.15, -0.1) is 11.3 Å². The van der Waals surface area contributed by atoms with Gasteiger partial charge in [0, 0.05) is 17.0 Å². The Hall–Kier alpha value is -1.52. The molecule has 1 aromatic carbocycles. The van der Waals surface area contributed by atoms with E-state index in [0.29, 0.717) is 6.04 Å². The van der Waals surface area contributed by atoms with Crippen LogP contribution in [0.15, 0.2) is 35.7 Å². The van der Waals surface area contributed by atoms with Gasteiger partial charge in [-0.05, 0) is 43.8 Å². The summed E-state index contributed by atoms with van der Waals surface area (Å²) >= 11 is 1.57. The monoisotopic (exact) mass is 276 g/mol. The van der Waals surface area contributed by atoms with Crippen LogP contribution in [-0.2, 0) is 0 Å². The van der Waals surface area contributed by atoms with Gasteiger partial charge < -0.3 is 5.32 Å². The highest BCUT2D eigenvalue weighted by Gasteiger charge is 2.03. The van der Waals surface area contributed by atoms with E-state index in [-0.39, 0.29) is 5.82 Å².